The highest BCUT2D eigenvalue weighted by atomic mass is 19.4. The van der Waals surface area contributed by atoms with Crippen molar-refractivity contribution in [3.05, 3.63) is 48.2 Å². The molecule has 1 aliphatic carbocycles. The number of aliphatic hydroxyl groups is 1. The molecule has 2 aromatic heterocycles. The molecule has 3 aromatic rings. The van der Waals surface area contributed by atoms with Crippen LogP contribution in [0.1, 0.15) is 67.6 Å². The number of alkyl halides is 3. The second kappa shape index (κ2) is 11.6. The second-order valence-corrected chi connectivity index (χ2v) is 9.86. The Labute approximate surface area is 223 Å². The summed E-state index contributed by atoms with van der Waals surface area (Å²) in [6.45, 7) is 4.90. The molecule has 2 atom stereocenters. The van der Waals surface area contributed by atoms with Crippen LogP contribution in [-0.2, 0) is 6.54 Å². The molecular formula is C27H32F3N5O4. The van der Waals surface area contributed by atoms with Gasteiger partial charge in [0.1, 0.15) is 0 Å². The topological polar surface area (TPSA) is 122 Å². The number of benzene rings is 1. The Morgan fingerprint density at radius 1 is 1.15 bits per heavy atom. The Balaban J connectivity index is 1.60. The number of imidazole rings is 1. The number of halogens is 3. The number of nitrogens with zero attached hydrogens (tertiary/aromatic N) is 3. The molecule has 9 nitrogen and oxygen atoms in total. The van der Waals surface area contributed by atoms with E-state index in [1.54, 1.807) is 24.3 Å². The first-order chi connectivity index (χ1) is 18.5. The lowest BCUT2D eigenvalue weighted by atomic mass is 10.1. The molecular weight excluding hydrogens is 515 g/mol. The van der Waals surface area contributed by atoms with Crippen molar-refractivity contribution in [1.29, 1.82) is 0 Å². The number of hydrogen-bond donors (Lipinski definition) is 3. The van der Waals surface area contributed by atoms with Gasteiger partial charge in [0, 0.05) is 29.4 Å². The number of carbonyl (C=O) groups is 2. The van der Waals surface area contributed by atoms with E-state index in [1.807, 2.05) is 20.8 Å². The maximum Gasteiger partial charge on any atom is 0.416 e. The zero-order valence-corrected chi connectivity index (χ0v) is 22.0. The van der Waals surface area contributed by atoms with Gasteiger partial charge in [0.15, 0.2) is 11.9 Å². The van der Waals surface area contributed by atoms with Gasteiger partial charge in [-0.15, -0.1) is 0 Å². The van der Waals surface area contributed by atoms with E-state index in [9.17, 15) is 27.9 Å². The summed E-state index contributed by atoms with van der Waals surface area (Å²) in [5.74, 6) is -0.672. The van der Waals surface area contributed by atoms with Crippen molar-refractivity contribution in [1.82, 2.24) is 25.2 Å². The van der Waals surface area contributed by atoms with E-state index in [1.165, 1.54) is 12.4 Å². The Morgan fingerprint density at radius 3 is 2.49 bits per heavy atom. The van der Waals surface area contributed by atoms with E-state index in [0.717, 1.165) is 30.3 Å². The summed E-state index contributed by atoms with van der Waals surface area (Å²) < 4.78 is 46.0. The highest BCUT2D eigenvalue weighted by Crippen LogP contribution is 2.33. The fourth-order valence-corrected chi connectivity index (χ4v) is 4.22. The largest absolute Gasteiger partial charge is 0.431 e. The normalized spacial score (nSPS) is 15.3. The van der Waals surface area contributed by atoms with Crippen LogP contribution in [0.2, 0.25) is 0 Å². The lowest BCUT2D eigenvalue weighted by molar-refractivity contribution is -0.207. The Bertz CT molecular complexity index is 1310. The van der Waals surface area contributed by atoms with Gasteiger partial charge >= 0.3 is 6.18 Å². The van der Waals surface area contributed by atoms with Crippen molar-refractivity contribution in [2.75, 3.05) is 0 Å². The first-order valence-electron chi connectivity index (χ1n) is 13.0. The van der Waals surface area contributed by atoms with E-state index >= 15 is 0 Å². The molecule has 1 saturated carbocycles. The quantitative estimate of drug-likeness (QED) is 0.323. The minimum Gasteiger partial charge on any atom is -0.431 e. The zero-order valence-electron chi connectivity index (χ0n) is 22.0. The second-order valence-electron chi connectivity index (χ2n) is 9.86. The van der Waals surface area contributed by atoms with Crippen LogP contribution in [-0.4, -0.2) is 55.8 Å². The van der Waals surface area contributed by atoms with Crippen molar-refractivity contribution in [3.8, 4) is 22.7 Å². The summed E-state index contributed by atoms with van der Waals surface area (Å²) in [5.41, 5.74) is 1.22. The molecule has 12 heteroatoms. The summed E-state index contributed by atoms with van der Waals surface area (Å²) in [4.78, 5) is 34.0. The molecule has 210 valence electrons. The lowest BCUT2D eigenvalue weighted by Gasteiger charge is -2.17. The third kappa shape index (κ3) is 6.86. The van der Waals surface area contributed by atoms with Crippen molar-refractivity contribution in [3.63, 3.8) is 0 Å². The van der Waals surface area contributed by atoms with Crippen LogP contribution >= 0.6 is 0 Å². The molecule has 1 aliphatic rings. The van der Waals surface area contributed by atoms with Crippen molar-refractivity contribution < 1.29 is 32.3 Å². The molecule has 0 aliphatic heterocycles. The Morgan fingerprint density at radius 2 is 1.85 bits per heavy atom. The fourth-order valence-electron chi connectivity index (χ4n) is 4.22. The van der Waals surface area contributed by atoms with Crippen LogP contribution < -0.4 is 10.6 Å². The van der Waals surface area contributed by atoms with Gasteiger partial charge < -0.3 is 24.7 Å². The van der Waals surface area contributed by atoms with Crippen LogP contribution in [0.25, 0.3) is 22.7 Å². The first-order valence-corrected chi connectivity index (χ1v) is 13.0. The number of rotatable bonds is 11. The highest BCUT2D eigenvalue weighted by molar-refractivity contribution is 5.92. The van der Waals surface area contributed by atoms with Gasteiger partial charge in [-0.2, -0.15) is 13.2 Å². The monoisotopic (exact) mass is 547 g/mol. The molecule has 4 rings (SSSR count). The standard InChI is InChI=1S/C27H32F3N5O4/c1-4-19(5-2)33-24(37)21-12-31-26(39-21)18-8-6-7-17(11-18)20-13-35(14-22(36)27(28,29)30)23(34-20)25(38)32-15(3)16-9-10-16/h6-8,11-13,15-16,19,22,36H,4-5,9-10,14H2,1-3H3,(H,32,38)(H,33,37). The van der Waals surface area contributed by atoms with Crippen LogP contribution in [0, 0.1) is 5.92 Å². The molecule has 2 amide bonds. The molecule has 0 bridgehead atoms. The first kappa shape index (κ1) is 28.3. The molecule has 2 heterocycles. The lowest BCUT2D eigenvalue weighted by Crippen LogP contribution is -2.38. The van der Waals surface area contributed by atoms with Gasteiger partial charge in [-0.3, -0.25) is 9.59 Å². The minimum absolute atomic E-state index is 0.0130. The smallest absolute Gasteiger partial charge is 0.416 e. The van der Waals surface area contributed by atoms with Gasteiger partial charge in [-0.1, -0.05) is 26.0 Å². The third-order valence-electron chi connectivity index (χ3n) is 6.87. The van der Waals surface area contributed by atoms with Gasteiger partial charge in [0.25, 0.3) is 11.8 Å². The average molecular weight is 548 g/mol. The molecule has 0 saturated heterocycles. The number of aliphatic hydroxyl groups excluding tert-OH is 1. The molecule has 3 N–H and O–H groups in total. The maximum atomic E-state index is 13.1. The third-order valence-corrected chi connectivity index (χ3v) is 6.87. The van der Waals surface area contributed by atoms with Gasteiger partial charge in [0.05, 0.1) is 18.4 Å². The molecule has 0 radical (unpaired) electrons. The van der Waals surface area contributed by atoms with Gasteiger partial charge in [-0.05, 0) is 50.7 Å². The van der Waals surface area contributed by atoms with E-state index in [-0.39, 0.29) is 41.2 Å². The fraction of sp³-hybridized carbons (Fsp3) is 0.481. The van der Waals surface area contributed by atoms with Crippen molar-refractivity contribution >= 4 is 11.8 Å². The molecule has 2 unspecified atom stereocenters. The molecule has 39 heavy (non-hydrogen) atoms. The molecule has 1 fully saturated rings. The minimum atomic E-state index is -4.86. The van der Waals surface area contributed by atoms with Crippen LogP contribution in [0.3, 0.4) is 0 Å². The summed E-state index contributed by atoms with van der Waals surface area (Å²) in [5, 5.41) is 15.4. The van der Waals surface area contributed by atoms with E-state index in [0.29, 0.717) is 17.0 Å². The number of aromatic nitrogens is 3. The maximum absolute atomic E-state index is 13.1. The van der Waals surface area contributed by atoms with Gasteiger partial charge in [0.2, 0.25) is 11.7 Å². The number of carbonyl (C=O) groups excluding carboxylic acids is 2. The number of oxazole rings is 1. The van der Waals surface area contributed by atoms with Crippen LogP contribution in [0.4, 0.5) is 13.2 Å². The molecule has 0 spiro atoms. The molecule has 1 aromatic carbocycles. The van der Waals surface area contributed by atoms with Crippen molar-refractivity contribution in [2.24, 2.45) is 5.92 Å². The van der Waals surface area contributed by atoms with E-state index in [2.05, 4.69) is 20.6 Å². The number of amides is 2. The van der Waals surface area contributed by atoms with Crippen molar-refractivity contribution in [2.45, 2.75) is 77.4 Å². The Kier molecular flexibility index (Phi) is 8.43. The zero-order chi connectivity index (χ0) is 28.3. The van der Waals surface area contributed by atoms with E-state index in [4.69, 9.17) is 4.42 Å². The average Bonchev–Trinajstić information content (AvgIpc) is 3.48. The number of hydrogen-bond acceptors (Lipinski definition) is 6. The highest BCUT2D eigenvalue weighted by Gasteiger charge is 2.39. The summed E-state index contributed by atoms with van der Waals surface area (Å²) in [6, 6.07) is 6.57. The SMILES string of the molecule is CCC(CC)NC(=O)c1cnc(-c2cccc(-c3cn(CC(O)C(F)(F)F)c(C(=O)NC(C)C4CC4)n3)c2)o1. The van der Waals surface area contributed by atoms with E-state index < -0.39 is 24.7 Å². The summed E-state index contributed by atoms with van der Waals surface area (Å²) in [6.07, 6.45) is -1.40. The van der Waals surface area contributed by atoms with Crippen LogP contribution in [0.15, 0.2) is 41.1 Å². The number of nitrogens with one attached hydrogen (secondary N) is 2. The predicted molar refractivity (Wildman–Crippen MR) is 137 cm³/mol. The summed E-state index contributed by atoms with van der Waals surface area (Å²) in [7, 11) is 0. The predicted octanol–water partition coefficient (Wildman–Crippen LogP) is 4.58. The van der Waals surface area contributed by atoms with Crippen LogP contribution in [0.5, 0.6) is 0 Å². The summed E-state index contributed by atoms with van der Waals surface area (Å²) >= 11 is 0. The van der Waals surface area contributed by atoms with Gasteiger partial charge in [-0.25, -0.2) is 9.97 Å². The Hall–Kier alpha value is -3.67.